The molecule has 1 aliphatic heterocycles. The summed E-state index contributed by atoms with van der Waals surface area (Å²) in [5.74, 6) is 0.827. The Balaban J connectivity index is 1.53. The second-order valence-corrected chi connectivity index (χ2v) is 10.3. The lowest BCUT2D eigenvalue weighted by molar-refractivity contribution is 0.136. The highest BCUT2D eigenvalue weighted by Crippen LogP contribution is 2.34. The molecule has 1 aliphatic carbocycles. The van der Waals surface area contributed by atoms with E-state index in [2.05, 4.69) is 11.8 Å². The minimum absolute atomic E-state index is 0.0957. The topological polar surface area (TPSA) is 40.6 Å². The summed E-state index contributed by atoms with van der Waals surface area (Å²) in [6, 6.07) is 13.9. The maximum Gasteiger partial charge on any atom is 0.243 e. The van der Waals surface area contributed by atoms with Gasteiger partial charge in [0.25, 0.3) is 0 Å². The standard InChI is InChI=1S/C22H30N2O2S/c1-17-12-14-24(15-13-17)20-11-10-19(16-20)23(2)27(25,26)22-9-5-7-18-6-3-4-8-21(18)22/h3-9,17,19-20H,10-16H2,1-2H3/t19-,20+/m1/s1. The third-order valence-electron chi connectivity index (χ3n) is 6.63. The van der Waals surface area contributed by atoms with Crippen molar-refractivity contribution in [2.45, 2.75) is 56.0 Å². The van der Waals surface area contributed by atoms with E-state index in [1.807, 2.05) is 36.4 Å². The Bertz CT molecular complexity index is 898. The first-order valence-electron chi connectivity index (χ1n) is 10.2. The zero-order valence-electron chi connectivity index (χ0n) is 16.3. The van der Waals surface area contributed by atoms with Crippen LogP contribution in [0.4, 0.5) is 0 Å². The first-order chi connectivity index (χ1) is 13.0. The molecule has 1 saturated carbocycles. The summed E-state index contributed by atoms with van der Waals surface area (Å²) in [6.45, 7) is 4.66. The summed E-state index contributed by atoms with van der Waals surface area (Å²) in [5.41, 5.74) is 0. The van der Waals surface area contributed by atoms with Crippen molar-refractivity contribution in [2.24, 2.45) is 5.92 Å². The van der Waals surface area contributed by atoms with Crippen LogP contribution in [0.5, 0.6) is 0 Å². The summed E-state index contributed by atoms with van der Waals surface area (Å²) in [4.78, 5) is 3.02. The highest BCUT2D eigenvalue weighted by molar-refractivity contribution is 7.89. The van der Waals surface area contributed by atoms with Gasteiger partial charge in [0.2, 0.25) is 10.0 Å². The molecule has 1 saturated heterocycles. The molecule has 0 spiro atoms. The van der Waals surface area contributed by atoms with E-state index in [0.29, 0.717) is 10.9 Å². The monoisotopic (exact) mass is 386 g/mol. The van der Waals surface area contributed by atoms with Gasteiger partial charge < -0.3 is 4.90 Å². The summed E-state index contributed by atoms with van der Waals surface area (Å²) >= 11 is 0. The Labute approximate surface area is 163 Å². The van der Waals surface area contributed by atoms with Crippen molar-refractivity contribution in [1.29, 1.82) is 0 Å². The molecule has 4 rings (SSSR count). The van der Waals surface area contributed by atoms with E-state index in [1.54, 1.807) is 17.4 Å². The zero-order valence-corrected chi connectivity index (χ0v) is 17.2. The lowest BCUT2D eigenvalue weighted by Gasteiger charge is -2.35. The van der Waals surface area contributed by atoms with Gasteiger partial charge in [0.15, 0.2) is 0 Å². The molecule has 0 amide bonds. The van der Waals surface area contributed by atoms with Crippen molar-refractivity contribution >= 4 is 20.8 Å². The minimum Gasteiger partial charge on any atom is -0.300 e. The predicted octanol–water partition coefficient (Wildman–Crippen LogP) is 4.11. The average Bonchev–Trinajstić information content (AvgIpc) is 3.17. The molecular weight excluding hydrogens is 356 g/mol. The zero-order chi connectivity index (χ0) is 19.0. The molecule has 27 heavy (non-hydrogen) atoms. The molecule has 0 aromatic heterocycles. The van der Waals surface area contributed by atoms with Crippen molar-refractivity contribution in [2.75, 3.05) is 20.1 Å². The molecule has 0 radical (unpaired) electrons. The van der Waals surface area contributed by atoms with Crippen LogP contribution >= 0.6 is 0 Å². The number of piperidine rings is 1. The lowest BCUT2D eigenvalue weighted by atomic mass is 9.97. The van der Waals surface area contributed by atoms with Crippen LogP contribution in [-0.2, 0) is 10.0 Å². The molecule has 2 fully saturated rings. The van der Waals surface area contributed by atoms with Gasteiger partial charge in [0.1, 0.15) is 0 Å². The van der Waals surface area contributed by atoms with Crippen LogP contribution in [-0.4, -0.2) is 49.8 Å². The van der Waals surface area contributed by atoms with Gasteiger partial charge in [-0.1, -0.05) is 43.3 Å². The van der Waals surface area contributed by atoms with Crippen molar-refractivity contribution in [3.8, 4) is 0 Å². The minimum atomic E-state index is -3.50. The van der Waals surface area contributed by atoms with Gasteiger partial charge in [0.05, 0.1) is 4.90 Å². The lowest BCUT2D eigenvalue weighted by Crippen LogP contribution is -2.41. The number of hydrogen-bond acceptors (Lipinski definition) is 3. The number of benzene rings is 2. The predicted molar refractivity (Wildman–Crippen MR) is 110 cm³/mol. The van der Waals surface area contributed by atoms with Gasteiger partial charge in [-0.05, 0) is 62.6 Å². The van der Waals surface area contributed by atoms with Crippen LogP contribution < -0.4 is 0 Å². The quantitative estimate of drug-likeness (QED) is 0.794. The summed E-state index contributed by atoms with van der Waals surface area (Å²) in [5, 5.41) is 1.78. The fourth-order valence-electron chi connectivity index (χ4n) is 4.76. The van der Waals surface area contributed by atoms with Crippen LogP contribution in [0.15, 0.2) is 47.4 Å². The summed E-state index contributed by atoms with van der Waals surface area (Å²) in [7, 11) is -1.73. The second kappa shape index (κ2) is 7.53. The van der Waals surface area contributed by atoms with Crippen molar-refractivity contribution in [1.82, 2.24) is 9.21 Å². The van der Waals surface area contributed by atoms with Crippen LogP contribution in [0.3, 0.4) is 0 Å². The Morgan fingerprint density at radius 3 is 2.44 bits per heavy atom. The van der Waals surface area contributed by atoms with E-state index >= 15 is 0 Å². The van der Waals surface area contributed by atoms with Gasteiger partial charge in [-0.15, -0.1) is 0 Å². The molecule has 1 heterocycles. The summed E-state index contributed by atoms with van der Waals surface area (Å²) in [6.07, 6.45) is 5.55. The molecular formula is C22H30N2O2S. The maximum atomic E-state index is 13.4. The van der Waals surface area contributed by atoms with Crippen LogP contribution in [0.2, 0.25) is 0 Å². The molecule has 0 unspecified atom stereocenters. The summed E-state index contributed by atoms with van der Waals surface area (Å²) < 4.78 is 28.4. The smallest absolute Gasteiger partial charge is 0.243 e. The van der Waals surface area contributed by atoms with Crippen LogP contribution in [0.25, 0.3) is 10.8 Å². The third kappa shape index (κ3) is 3.65. The largest absolute Gasteiger partial charge is 0.300 e. The highest BCUT2D eigenvalue weighted by Gasteiger charge is 2.37. The van der Waals surface area contributed by atoms with E-state index in [0.717, 1.165) is 36.0 Å². The Kier molecular flexibility index (Phi) is 5.28. The number of likely N-dealkylation sites (tertiary alicyclic amines) is 1. The van der Waals surface area contributed by atoms with E-state index in [9.17, 15) is 8.42 Å². The Morgan fingerprint density at radius 2 is 1.67 bits per heavy atom. The Hall–Kier alpha value is -1.43. The molecule has 2 aromatic rings. The first-order valence-corrected chi connectivity index (χ1v) is 11.6. The van der Waals surface area contributed by atoms with Gasteiger partial charge >= 0.3 is 0 Å². The molecule has 0 N–H and O–H groups in total. The van der Waals surface area contributed by atoms with Crippen molar-refractivity contribution in [3.63, 3.8) is 0 Å². The van der Waals surface area contributed by atoms with Crippen LogP contribution in [0.1, 0.15) is 39.0 Å². The van der Waals surface area contributed by atoms with Crippen molar-refractivity contribution in [3.05, 3.63) is 42.5 Å². The van der Waals surface area contributed by atoms with Crippen molar-refractivity contribution < 1.29 is 8.42 Å². The number of hydrogen-bond donors (Lipinski definition) is 0. The van der Waals surface area contributed by atoms with Gasteiger partial charge in [-0.25, -0.2) is 8.42 Å². The van der Waals surface area contributed by atoms with E-state index in [-0.39, 0.29) is 6.04 Å². The fourth-order valence-corrected chi connectivity index (χ4v) is 6.37. The van der Waals surface area contributed by atoms with Crippen LogP contribution in [0, 0.1) is 5.92 Å². The molecule has 4 nitrogen and oxygen atoms in total. The Morgan fingerprint density at radius 1 is 0.963 bits per heavy atom. The molecule has 2 aliphatic rings. The molecule has 0 bridgehead atoms. The van der Waals surface area contributed by atoms with E-state index < -0.39 is 10.0 Å². The number of nitrogens with zero attached hydrogens (tertiary/aromatic N) is 2. The molecule has 2 atom stereocenters. The average molecular weight is 387 g/mol. The van der Waals surface area contributed by atoms with E-state index in [1.165, 1.54) is 25.9 Å². The number of sulfonamides is 1. The second-order valence-electron chi connectivity index (χ2n) is 8.34. The normalized spacial score (nSPS) is 25.4. The molecule has 146 valence electrons. The maximum absolute atomic E-state index is 13.4. The number of rotatable bonds is 4. The third-order valence-corrected chi connectivity index (χ3v) is 8.60. The van der Waals surface area contributed by atoms with E-state index in [4.69, 9.17) is 0 Å². The molecule has 2 aromatic carbocycles. The van der Waals surface area contributed by atoms with Gasteiger partial charge in [-0.2, -0.15) is 4.31 Å². The van der Waals surface area contributed by atoms with Gasteiger partial charge in [-0.3, -0.25) is 0 Å². The van der Waals surface area contributed by atoms with Gasteiger partial charge in [0, 0.05) is 24.5 Å². The fraction of sp³-hybridized carbons (Fsp3) is 0.545. The molecule has 5 heteroatoms. The highest BCUT2D eigenvalue weighted by atomic mass is 32.2. The number of fused-ring (bicyclic) bond motifs is 1. The first kappa shape index (κ1) is 18.9. The SMILES string of the molecule is CC1CCN([C@H]2CC[C@@H](N(C)S(=O)(=O)c3cccc4ccccc34)C2)CC1.